The van der Waals surface area contributed by atoms with Crippen molar-refractivity contribution in [3.8, 4) is 16.9 Å². The highest BCUT2D eigenvalue weighted by atomic mass is 35.5. The molecule has 2 aliphatic heterocycles. The standard InChI is InChI=1S/C24H27ClN4O3S/c1-23(2,31)21(30)28-16-4-6-20-18(9-16)24(12-33-22(26)29-24)17-8-13(3-5-19(17)32-20)14-7-15(25)11-27-10-14/h3,5,7-8,10-11,16,18,20,31H,4,6,9,12H2,1-2H3,(H2,26,29)(H,28,30). The van der Waals surface area contributed by atoms with Crippen LogP contribution in [0.3, 0.4) is 0 Å². The van der Waals surface area contributed by atoms with E-state index in [2.05, 4.69) is 16.4 Å². The van der Waals surface area contributed by atoms with Crippen LogP contribution < -0.4 is 15.8 Å². The largest absolute Gasteiger partial charge is 0.490 e. The third kappa shape index (κ3) is 4.09. The molecule has 174 valence electrons. The molecule has 1 aromatic heterocycles. The second-order valence-corrected chi connectivity index (χ2v) is 11.0. The molecule has 1 aromatic carbocycles. The molecule has 3 aliphatic rings. The lowest BCUT2D eigenvalue weighted by molar-refractivity contribution is -0.138. The molecule has 7 nitrogen and oxygen atoms in total. The fourth-order valence-corrected chi connectivity index (χ4v) is 6.34. The Kier molecular flexibility index (Phi) is 5.58. The number of pyridine rings is 1. The number of hydrogen-bond donors (Lipinski definition) is 3. The number of thioether (sulfide) groups is 1. The number of aliphatic hydroxyl groups is 1. The van der Waals surface area contributed by atoms with Crippen molar-refractivity contribution < 1.29 is 14.6 Å². The number of nitrogens with zero attached hydrogens (tertiary/aromatic N) is 2. The van der Waals surface area contributed by atoms with E-state index in [1.807, 2.05) is 18.2 Å². The smallest absolute Gasteiger partial charge is 0.251 e. The highest BCUT2D eigenvalue weighted by Gasteiger charge is 2.54. The molecule has 0 radical (unpaired) electrons. The van der Waals surface area contributed by atoms with Gasteiger partial charge in [0.15, 0.2) is 5.17 Å². The summed E-state index contributed by atoms with van der Waals surface area (Å²) in [7, 11) is 0. The summed E-state index contributed by atoms with van der Waals surface area (Å²) in [5.41, 5.74) is 7.16. The maximum absolute atomic E-state index is 12.4. The summed E-state index contributed by atoms with van der Waals surface area (Å²) in [6.07, 6.45) is 5.67. The van der Waals surface area contributed by atoms with Crippen molar-refractivity contribution >= 4 is 34.4 Å². The Morgan fingerprint density at radius 3 is 2.82 bits per heavy atom. The van der Waals surface area contributed by atoms with Crippen LogP contribution in [-0.4, -0.2) is 44.7 Å². The molecular formula is C24H27ClN4O3S. The molecule has 4 unspecified atom stereocenters. The van der Waals surface area contributed by atoms with Crippen LogP contribution in [0.4, 0.5) is 0 Å². The molecule has 33 heavy (non-hydrogen) atoms. The van der Waals surface area contributed by atoms with Crippen LogP contribution in [-0.2, 0) is 10.3 Å². The van der Waals surface area contributed by atoms with Gasteiger partial charge in [-0.2, -0.15) is 0 Å². The molecule has 5 rings (SSSR count). The van der Waals surface area contributed by atoms with Gasteiger partial charge < -0.3 is 20.9 Å². The van der Waals surface area contributed by atoms with Crippen LogP contribution in [0.5, 0.6) is 5.75 Å². The number of nitrogens with two attached hydrogens (primary N) is 1. The van der Waals surface area contributed by atoms with Gasteiger partial charge in [0.05, 0.1) is 5.02 Å². The minimum Gasteiger partial charge on any atom is -0.490 e. The minimum absolute atomic E-state index is 0.0123. The quantitative estimate of drug-likeness (QED) is 0.612. The Morgan fingerprint density at radius 1 is 1.30 bits per heavy atom. The zero-order valence-electron chi connectivity index (χ0n) is 18.5. The lowest BCUT2D eigenvalue weighted by atomic mass is 9.67. The van der Waals surface area contributed by atoms with Gasteiger partial charge in [-0.3, -0.25) is 9.78 Å². The van der Waals surface area contributed by atoms with Gasteiger partial charge in [-0.1, -0.05) is 29.4 Å². The van der Waals surface area contributed by atoms with Crippen molar-refractivity contribution in [2.45, 2.75) is 56.4 Å². The first-order valence-electron chi connectivity index (χ1n) is 11.1. The summed E-state index contributed by atoms with van der Waals surface area (Å²) in [6, 6.07) is 7.96. The van der Waals surface area contributed by atoms with E-state index in [1.165, 1.54) is 13.8 Å². The Bertz CT molecular complexity index is 1130. The first-order chi connectivity index (χ1) is 15.7. The molecule has 0 bridgehead atoms. The van der Waals surface area contributed by atoms with Crippen LogP contribution in [0.25, 0.3) is 11.1 Å². The molecular weight excluding hydrogens is 460 g/mol. The number of ether oxygens (including phenoxy) is 1. The van der Waals surface area contributed by atoms with E-state index in [0.717, 1.165) is 41.0 Å². The van der Waals surface area contributed by atoms with Crippen molar-refractivity contribution in [3.05, 3.63) is 47.2 Å². The number of carbonyl (C=O) groups is 1. The molecule has 1 amide bonds. The summed E-state index contributed by atoms with van der Waals surface area (Å²) in [5, 5.41) is 14.3. The second kappa shape index (κ2) is 8.18. The Hall–Kier alpha value is -2.29. The first kappa shape index (κ1) is 22.5. The van der Waals surface area contributed by atoms with Gasteiger partial charge in [0.1, 0.15) is 23.0 Å². The minimum atomic E-state index is -1.42. The van der Waals surface area contributed by atoms with E-state index >= 15 is 0 Å². The van der Waals surface area contributed by atoms with Gasteiger partial charge in [-0.15, -0.1) is 0 Å². The van der Waals surface area contributed by atoms with Crippen molar-refractivity contribution in [3.63, 3.8) is 0 Å². The second-order valence-electron chi connectivity index (χ2n) is 9.57. The Morgan fingerprint density at radius 2 is 2.12 bits per heavy atom. The number of hydrogen-bond acceptors (Lipinski definition) is 7. The Labute approximate surface area is 202 Å². The summed E-state index contributed by atoms with van der Waals surface area (Å²) >= 11 is 7.73. The summed E-state index contributed by atoms with van der Waals surface area (Å²) in [6.45, 7) is 3.00. The van der Waals surface area contributed by atoms with Crippen molar-refractivity contribution in [1.29, 1.82) is 0 Å². The van der Waals surface area contributed by atoms with Gasteiger partial charge in [-0.05, 0) is 56.9 Å². The zero-order valence-corrected chi connectivity index (χ0v) is 20.1. The number of nitrogens with one attached hydrogen (secondary N) is 1. The van der Waals surface area contributed by atoms with E-state index in [9.17, 15) is 9.90 Å². The van der Waals surface area contributed by atoms with Crippen LogP contribution in [0.2, 0.25) is 5.02 Å². The molecule has 9 heteroatoms. The van der Waals surface area contributed by atoms with Crippen LogP contribution in [0.15, 0.2) is 41.7 Å². The van der Waals surface area contributed by atoms with E-state index < -0.39 is 11.1 Å². The fraction of sp³-hybridized carbons (Fsp3) is 0.458. The summed E-state index contributed by atoms with van der Waals surface area (Å²) < 4.78 is 6.47. The number of amides is 1. The highest BCUT2D eigenvalue weighted by molar-refractivity contribution is 8.14. The van der Waals surface area contributed by atoms with Gasteiger partial charge in [0, 0.05) is 41.2 Å². The lowest BCUT2D eigenvalue weighted by Crippen LogP contribution is -2.55. The number of aliphatic imine (C=N–C) groups is 1. The average Bonchev–Trinajstić information content (AvgIpc) is 3.16. The third-order valence-electron chi connectivity index (χ3n) is 6.80. The van der Waals surface area contributed by atoms with Crippen LogP contribution in [0, 0.1) is 5.92 Å². The maximum atomic E-state index is 12.4. The maximum Gasteiger partial charge on any atom is 0.251 e. The van der Waals surface area contributed by atoms with Crippen LogP contribution >= 0.6 is 23.4 Å². The molecule has 0 saturated heterocycles. The number of aromatic nitrogens is 1. The Balaban J connectivity index is 1.53. The molecule has 3 heterocycles. The monoisotopic (exact) mass is 486 g/mol. The fourth-order valence-electron chi connectivity index (χ4n) is 5.14. The van der Waals surface area contributed by atoms with E-state index in [0.29, 0.717) is 16.6 Å². The third-order valence-corrected chi connectivity index (χ3v) is 7.98. The van der Waals surface area contributed by atoms with Crippen LogP contribution in [0.1, 0.15) is 38.7 Å². The number of halogens is 1. The lowest BCUT2D eigenvalue weighted by Gasteiger charge is -2.49. The van der Waals surface area contributed by atoms with E-state index in [-0.39, 0.29) is 24.0 Å². The number of amidine groups is 1. The number of rotatable bonds is 3. The topological polar surface area (TPSA) is 110 Å². The van der Waals surface area contributed by atoms with Crippen molar-refractivity contribution in [2.24, 2.45) is 16.6 Å². The number of benzene rings is 1. The predicted octanol–water partition coefficient (Wildman–Crippen LogP) is 3.48. The van der Waals surface area contributed by atoms with Gasteiger partial charge in [0.2, 0.25) is 0 Å². The molecule has 1 fully saturated rings. The molecule has 1 aliphatic carbocycles. The number of carbonyl (C=O) groups excluding carboxylic acids is 1. The summed E-state index contributed by atoms with van der Waals surface area (Å²) in [4.78, 5) is 21.6. The molecule has 1 spiro atoms. The SMILES string of the molecule is CC(C)(O)C(=O)NC1CCC2Oc3ccc(-c4cncc(Cl)c4)cc3C3(CSC(N)=N3)C2C1. The zero-order chi connectivity index (χ0) is 23.4. The molecule has 1 saturated carbocycles. The first-order valence-corrected chi connectivity index (χ1v) is 12.5. The van der Waals surface area contributed by atoms with Crippen molar-refractivity contribution in [1.82, 2.24) is 10.3 Å². The highest BCUT2D eigenvalue weighted by Crippen LogP contribution is 2.54. The molecule has 4 atom stereocenters. The average molecular weight is 487 g/mol. The van der Waals surface area contributed by atoms with E-state index in [1.54, 1.807) is 24.2 Å². The number of fused-ring (bicyclic) bond motifs is 4. The van der Waals surface area contributed by atoms with E-state index in [4.69, 9.17) is 27.1 Å². The normalized spacial score (nSPS) is 28.5. The predicted molar refractivity (Wildman–Crippen MR) is 130 cm³/mol. The summed E-state index contributed by atoms with van der Waals surface area (Å²) in [5.74, 6) is 1.23. The van der Waals surface area contributed by atoms with Gasteiger partial charge >= 0.3 is 0 Å². The van der Waals surface area contributed by atoms with Crippen molar-refractivity contribution in [2.75, 3.05) is 5.75 Å². The molecule has 2 aromatic rings. The van der Waals surface area contributed by atoms with Gasteiger partial charge in [-0.25, -0.2) is 4.99 Å². The molecule has 4 N–H and O–H groups in total. The van der Waals surface area contributed by atoms with Gasteiger partial charge in [0.25, 0.3) is 5.91 Å².